The number of carbonyl (C=O) groups is 2. The molecule has 2 amide bonds. The van der Waals surface area contributed by atoms with Crippen molar-refractivity contribution in [3.63, 3.8) is 0 Å². The number of carbonyl (C=O) groups excluding carboxylic acids is 2. The zero-order chi connectivity index (χ0) is 18.8. The van der Waals surface area contributed by atoms with Gasteiger partial charge in [-0.05, 0) is 47.9 Å². The summed E-state index contributed by atoms with van der Waals surface area (Å²) in [5.41, 5.74) is 2.24. The molecular weight excluding hydrogens is 338 g/mol. The SMILES string of the molecule is Cc1c(C(=O)NCC2CCN2C(=O)c2cccnc2)ccc2ccccc12. The summed E-state index contributed by atoms with van der Waals surface area (Å²) in [6, 6.07) is 15.4. The van der Waals surface area contributed by atoms with Crippen LogP contribution in [0.5, 0.6) is 0 Å². The number of aromatic nitrogens is 1. The number of nitrogens with one attached hydrogen (secondary N) is 1. The average Bonchev–Trinajstić information content (AvgIpc) is 2.68. The minimum Gasteiger partial charge on any atom is -0.350 e. The van der Waals surface area contributed by atoms with Gasteiger partial charge in [-0.3, -0.25) is 14.6 Å². The third kappa shape index (κ3) is 3.28. The molecule has 2 aromatic carbocycles. The van der Waals surface area contributed by atoms with Crippen LogP contribution in [0.3, 0.4) is 0 Å². The number of likely N-dealkylation sites (tertiary alicyclic amines) is 1. The summed E-state index contributed by atoms with van der Waals surface area (Å²) >= 11 is 0. The van der Waals surface area contributed by atoms with Crippen LogP contribution < -0.4 is 5.32 Å². The lowest BCUT2D eigenvalue weighted by molar-refractivity contribution is 0.0455. The summed E-state index contributed by atoms with van der Waals surface area (Å²) in [7, 11) is 0. The molecule has 0 bridgehead atoms. The molecule has 5 nitrogen and oxygen atoms in total. The van der Waals surface area contributed by atoms with Crippen molar-refractivity contribution in [2.75, 3.05) is 13.1 Å². The lowest BCUT2D eigenvalue weighted by atomic mass is 9.98. The Labute approximate surface area is 158 Å². The molecule has 4 rings (SSSR count). The summed E-state index contributed by atoms with van der Waals surface area (Å²) in [5.74, 6) is -0.130. The molecule has 1 N–H and O–H groups in total. The van der Waals surface area contributed by atoms with E-state index in [0.29, 0.717) is 24.2 Å². The summed E-state index contributed by atoms with van der Waals surface area (Å²) < 4.78 is 0. The van der Waals surface area contributed by atoms with Gasteiger partial charge in [0.15, 0.2) is 0 Å². The highest BCUT2D eigenvalue weighted by atomic mass is 16.2. The van der Waals surface area contributed by atoms with Crippen molar-refractivity contribution in [3.05, 3.63) is 77.6 Å². The first-order valence-electron chi connectivity index (χ1n) is 9.12. The van der Waals surface area contributed by atoms with Gasteiger partial charge in [0.2, 0.25) is 0 Å². The Morgan fingerprint density at radius 2 is 2.00 bits per heavy atom. The maximum Gasteiger partial charge on any atom is 0.255 e. The van der Waals surface area contributed by atoms with Crippen LogP contribution in [-0.4, -0.2) is 40.8 Å². The standard InChI is InChI=1S/C22H21N3O2/c1-15-19-7-3-2-5-16(19)8-9-20(15)21(26)24-14-18-10-12-25(18)22(27)17-6-4-11-23-13-17/h2-9,11,13,18H,10,12,14H2,1H3,(H,24,26). The van der Waals surface area contributed by atoms with Gasteiger partial charge in [0, 0.05) is 31.0 Å². The second-order valence-corrected chi connectivity index (χ2v) is 6.85. The number of aryl methyl sites for hydroxylation is 1. The number of fused-ring (bicyclic) bond motifs is 1. The van der Waals surface area contributed by atoms with Crippen molar-refractivity contribution in [2.24, 2.45) is 0 Å². The third-order valence-corrected chi connectivity index (χ3v) is 5.25. The van der Waals surface area contributed by atoms with E-state index in [0.717, 1.165) is 22.8 Å². The van der Waals surface area contributed by atoms with Crippen LogP contribution in [0.4, 0.5) is 0 Å². The molecule has 136 valence electrons. The van der Waals surface area contributed by atoms with Crippen LogP contribution in [0, 0.1) is 6.92 Å². The highest BCUT2D eigenvalue weighted by Crippen LogP contribution is 2.23. The molecule has 1 aliphatic rings. The molecule has 1 unspecified atom stereocenters. The van der Waals surface area contributed by atoms with Crippen molar-refractivity contribution >= 4 is 22.6 Å². The van der Waals surface area contributed by atoms with Crippen LogP contribution in [0.2, 0.25) is 0 Å². The smallest absolute Gasteiger partial charge is 0.255 e. The second kappa shape index (κ2) is 7.19. The van der Waals surface area contributed by atoms with Gasteiger partial charge < -0.3 is 10.2 Å². The van der Waals surface area contributed by atoms with Crippen molar-refractivity contribution in [1.29, 1.82) is 0 Å². The molecule has 1 saturated heterocycles. The molecule has 3 aromatic rings. The summed E-state index contributed by atoms with van der Waals surface area (Å²) in [4.78, 5) is 31.0. The zero-order valence-electron chi connectivity index (χ0n) is 15.2. The Bertz CT molecular complexity index is 1000. The lowest BCUT2D eigenvalue weighted by Crippen LogP contribution is -2.56. The van der Waals surface area contributed by atoms with Crippen LogP contribution in [0.1, 0.15) is 32.7 Å². The summed E-state index contributed by atoms with van der Waals surface area (Å²) in [6.07, 6.45) is 4.12. The third-order valence-electron chi connectivity index (χ3n) is 5.25. The highest BCUT2D eigenvalue weighted by Gasteiger charge is 2.33. The largest absolute Gasteiger partial charge is 0.350 e. The van der Waals surface area contributed by atoms with Gasteiger partial charge in [-0.2, -0.15) is 0 Å². The molecule has 0 saturated carbocycles. The normalized spacial score (nSPS) is 16.0. The molecule has 5 heteroatoms. The van der Waals surface area contributed by atoms with Crippen LogP contribution >= 0.6 is 0 Å². The number of hydrogen-bond donors (Lipinski definition) is 1. The number of pyridine rings is 1. The van der Waals surface area contributed by atoms with E-state index in [1.54, 1.807) is 29.4 Å². The van der Waals surface area contributed by atoms with E-state index in [9.17, 15) is 9.59 Å². The monoisotopic (exact) mass is 359 g/mol. The van der Waals surface area contributed by atoms with Gasteiger partial charge in [-0.1, -0.05) is 30.3 Å². The minimum absolute atomic E-state index is 0.0300. The Balaban J connectivity index is 1.42. The first-order valence-corrected chi connectivity index (χ1v) is 9.12. The molecule has 1 fully saturated rings. The van der Waals surface area contributed by atoms with E-state index in [1.165, 1.54) is 0 Å². The summed E-state index contributed by atoms with van der Waals surface area (Å²) in [6.45, 7) is 3.14. The van der Waals surface area contributed by atoms with E-state index < -0.39 is 0 Å². The number of hydrogen-bond acceptors (Lipinski definition) is 3. The van der Waals surface area contributed by atoms with Crippen LogP contribution in [0.25, 0.3) is 10.8 Å². The molecular formula is C22H21N3O2. The molecule has 1 aliphatic heterocycles. The lowest BCUT2D eigenvalue weighted by Gasteiger charge is -2.41. The topological polar surface area (TPSA) is 62.3 Å². The van der Waals surface area contributed by atoms with E-state index in [1.807, 2.05) is 43.3 Å². The second-order valence-electron chi connectivity index (χ2n) is 6.85. The molecule has 1 atom stereocenters. The fourth-order valence-corrected chi connectivity index (χ4v) is 3.55. The van der Waals surface area contributed by atoms with E-state index in [4.69, 9.17) is 0 Å². The Kier molecular flexibility index (Phi) is 4.59. The van der Waals surface area contributed by atoms with E-state index >= 15 is 0 Å². The number of rotatable bonds is 4. The number of benzene rings is 2. The number of amides is 2. The predicted octanol–water partition coefficient (Wildman–Crippen LogP) is 3.19. The van der Waals surface area contributed by atoms with Gasteiger partial charge in [0.25, 0.3) is 11.8 Å². The quantitative estimate of drug-likeness (QED) is 0.778. The van der Waals surface area contributed by atoms with Crippen molar-refractivity contribution in [2.45, 2.75) is 19.4 Å². The maximum absolute atomic E-state index is 12.7. The Morgan fingerprint density at radius 3 is 2.74 bits per heavy atom. The highest BCUT2D eigenvalue weighted by molar-refractivity contribution is 6.01. The zero-order valence-corrected chi connectivity index (χ0v) is 15.2. The number of nitrogens with zero attached hydrogens (tertiary/aromatic N) is 2. The van der Waals surface area contributed by atoms with Crippen molar-refractivity contribution in [3.8, 4) is 0 Å². The average molecular weight is 359 g/mol. The molecule has 27 heavy (non-hydrogen) atoms. The van der Waals surface area contributed by atoms with Gasteiger partial charge in [0.05, 0.1) is 11.6 Å². The van der Waals surface area contributed by atoms with Gasteiger partial charge in [-0.25, -0.2) is 0 Å². The Hall–Kier alpha value is -3.21. The fraction of sp³-hybridized carbons (Fsp3) is 0.227. The Morgan fingerprint density at radius 1 is 1.15 bits per heavy atom. The van der Waals surface area contributed by atoms with Crippen LogP contribution in [-0.2, 0) is 0 Å². The van der Waals surface area contributed by atoms with E-state index in [2.05, 4.69) is 10.3 Å². The summed E-state index contributed by atoms with van der Waals surface area (Å²) in [5, 5.41) is 5.20. The van der Waals surface area contributed by atoms with Crippen LogP contribution in [0.15, 0.2) is 60.9 Å². The van der Waals surface area contributed by atoms with Crippen molar-refractivity contribution in [1.82, 2.24) is 15.2 Å². The molecule has 1 aromatic heterocycles. The fourth-order valence-electron chi connectivity index (χ4n) is 3.55. The predicted molar refractivity (Wildman–Crippen MR) is 105 cm³/mol. The van der Waals surface area contributed by atoms with Gasteiger partial charge in [-0.15, -0.1) is 0 Å². The maximum atomic E-state index is 12.7. The van der Waals surface area contributed by atoms with Gasteiger partial charge >= 0.3 is 0 Å². The van der Waals surface area contributed by atoms with E-state index in [-0.39, 0.29) is 17.9 Å². The molecule has 2 heterocycles. The van der Waals surface area contributed by atoms with Gasteiger partial charge in [0.1, 0.15) is 0 Å². The molecule has 0 radical (unpaired) electrons. The van der Waals surface area contributed by atoms with Crippen molar-refractivity contribution < 1.29 is 9.59 Å². The molecule has 0 spiro atoms. The first-order chi connectivity index (χ1) is 13.1. The molecule has 0 aliphatic carbocycles. The first kappa shape index (κ1) is 17.2. The minimum atomic E-state index is -0.0982.